The second-order valence-electron chi connectivity index (χ2n) is 6.82. The third kappa shape index (κ3) is 5.49. The Kier molecular flexibility index (Phi) is 6.77. The van der Waals surface area contributed by atoms with E-state index in [1.165, 1.54) is 28.1 Å². The predicted octanol–water partition coefficient (Wildman–Crippen LogP) is 4.30. The highest BCUT2D eigenvalue weighted by molar-refractivity contribution is 8.00. The minimum absolute atomic E-state index is 0.0893. The molecule has 1 amide bonds. The summed E-state index contributed by atoms with van der Waals surface area (Å²) in [6, 6.07) is 16.4. The van der Waals surface area contributed by atoms with Crippen LogP contribution < -0.4 is 10.9 Å². The van der Waals surface area contributed by atoms with Crippen LogP contribution in [0.3, 0.4) is 0 Å². The topological polar surface area (TPSA) is 64.0 Å². The van der Waals surface area contributed by atoms with Gasteiger partial charge in [0, 0.05) is 17.6 Å². The minimum Gasteiger partial charge on any atom is -0.351 e. The molecule has 0 radical (unpaired) electrons. The quantitative estimate of drug-likeness (QED) is 0.595. The molecule has 0 spiro atoms. The van der Waals surface area contributed by atoms with Gasteiger partial charge in [-0.1, -0.05) is 59.3 Å². The van der Waals surface area contributed by atoms with E-state index in [4.69, 9.17) is 11.6 Å². The first kappa shape index (κ1) is 21.1. The lowest BCUT2D eigenvalue weighted by Crippen LogP contribution is -2.30. The van der Waals surface area contributed by atoms with Gasteiger partial charge in [-0.3, -0.25) is 9.59 Å². The summed E-state index contributed by atoms with van der Waals surface area (Å²) in [6.07, 6.45) is 0. The van der Waals surface area contributed by atoms with Crippen molar-refractivity contribution in [2.75, 3.05) is 0 Å². The smallest absolute Gasteiger partial charge is 0.271 e. The lowest BCUT2D eigenvalue weighted by molar-refractivity contribution is -0.120. The first-order valence-corrected chi connectivity index (χ1v) is 10.5. The van der Waals surface area contributed by atoms with Crippen LogP contribution in [0.1, 0.15) is 23.6 Å². The Hall–Kier alpha value is -2.57. The number of halogens is 1. The van der Waals surface area contributed by atoms with Gasteiger partial charge < -0.3 is 5.32 Å². The maximum Gasteiger partial charge on any atom is 0.271 e. The molecule has 3 aromatic rings. The van der Waals surface area contributed by atoms with Crippen LogP contribution >= 0.6 is 23.4 Å². The van der Waals surface area contributed by atoms with Gasteiger partial charge in [-0.25, -0.2) is 0 Å². The molecular weight excluding hydrogens is 406 g/mol. The zero-order valence-corrected chi connectivity index (χ0v) is 18.1. The normalized spacial score (nSPS) is 11.9. The summed E-state index contributed by atoms with van der Waals surface area (Å²) < 4.78 is 1.30. The largest absolute Gasteiger partial charge is 0.351 e. The number of rotatable bonds is 6. The maximum absolute atomic E-state index is 12.4. The van der Waals surface area contributed by atoms with Crippen molar-refractivity contribution in [2.45, 2.75) is 37.6 Å². The maximum atomic E-state index is 12.4. The van der Waals surface area contributed by atoms with Crippen LogP contribution in [-0.4, -0.2) is 20.9 Å². The molecule has 7 heteroatoms. The fourth-order valence-corrected chi connectivity index (χ4v) is 3.63. The van der Waals surface area contributed by atoms with Gasteiger partial charge in [-0.05, 0) is 50.1 Å². The van der Waals surface area contributed by atoms with E-state index in [0.29, 0.717) is 22.3 Å². The van der Waals surface area contributed by atoms with Crippen molar-refractivity contribution in [3.63, 3.8) is 0 Å². The van der Waals surface area contributed by atoms with Crippen molar-refractivity contribution in [2.24, 2.45) is 0 Å². The lowest BCUT2D eigenvalue weighted by atomic mass is 10.1. The standard InChI is InChI=1S/C22H22ClN3O2S/c1-14-4-7-17(8-5-14)13-24-22(28)16(3)29-20-10-11-21(27)26(25-20)18-9-6-15(2)19(23)12-18/h4-12,16H,13H2,1-3H3,(H,24,28). The first-order valence-electron chi connectivity index (χ1n) is 9.20. The number of benzene rings is 2. The van der Waals surface area contributed by atoms with Crippen molar-refractivity contribution >= 4 is 29.3 Å². The molecule has 5 nitrogen and oxygen atoms in total. The molecule has 0 aliphatic rings. The molecule has 0 aliphatic heterocycles. The van der Waals surface area contributed by atoms with Gasteiger partial charge >= 0.3 is 0 Å². The van der Waals surface area contributed by atoms with E-state index in [1.807, 2.05) is 51.1 Å². The summed E-state index contributed by atoms with van der Waals surface area (Å²) in [7, 11) is 0. The van der Waals surface area contributed by atoms with Gasteiger partial charge in [-0.2, -0.15) is 9.78 Å². The van der Waals surface area contributed by atoms with Crippen molar-refractivity contribution in [3.05, 3.63) is 86.7 Å². The molecule has 1 aromatic heterocycles. The molecular formula is C22H22ClN3O2S. The second kappa shape index (κ2) is 9.29. The highest BCUT2D eigenvalue weighted by Crippen LogP contribution is 2.22. The van der Waals surface area contributed by atoms with Crippen molar-refractivity contribution in [1.82, 2.24) is 15.1 Å². The van der Waals surface area contributed by atoms with E-state index < -0.39 is 0 Å². The molecule has 29 heavy (non-hydrogen) atoms. The Balaban J connectivity index is 1.69. The van der Waals surface area contributed by atoms with Crippen LogP contribution in [0, 0.1) is 13.8 Å². The van der Waals surface area contributed by atoms with Crippen LogP contribution in [0.2, 0.25) is 5.02 Å². The molecule has 3 rings (SSSR count). The van der Waals surface area contributed by atoms with Gasteiger partial charge in [0.15, 0.2) is 0 Å². The molecule has 2 aromatic carbocycles. The number of nitrogens with zero attached hydrogens (tertiary/aromatic N) is 2. The molecule has 1 heterocycles. The van der Waals surface area contributed by atoms with E-state index in [2.05, 4.69) is 10.4 Å². The summed E-state index contributed by atoms with van der Waals surface area (Å²) in [6.45, 7) is 6.21. The number of amides is 1. The lowest BCUT2D eigenvalue weighted by Gasteiger charge is -2.13. The molecule has 0 saturated heterocycles. The first-order chi connectivity index (χ1) is 13.8. The molecule has 1 unspecified atom stereocenters. The zero-order valence-electron chi connectivity index (χ0n) is 16.5. The summed E-state index contributed by atoms with van der Waals surface area (Å²) in [5.41, 5.74) is 3.48. The molecule has 0 fully saturated rings. The number of carbonyl (C=O) groups is 1. The van der Waals surface area contributed by atoms with Crippen molar-refractivity contribution < 1.29 is 4.79 Å². The number of aryl methyl sites for hydroxylation is 2. The Morgan fingerprint density at radius 1 is 1.14 bits per heavy atom. The van der Waals surface area contributed by atoms with E-state index in [9.17, 15) is 9.59 Å². The van der Waals surface area contributed by atoms with Gasteiger partial charge in [0.2, 0.25) is 5.91 Å². The second-order valence-corrected chi connectivity index (χ2v) is 8.59. The van der Waals surface area contributed by atoms with Crippen LogP contribution in [0.25, 0.3) is 5.69 Å². The molecule has 150 valence electrons. The predicted molar refractivity (Wildman–Crippen MR) is 118 cm³/mol. The highest BCUT2D eigenvalue weighted by atomic mass is 35.5. The van der Waals surface area contributed by atoms with Gasteiger partial charge in [0.05, 0.1) is 10.9 Å². The number of hydrogen-bond acceptors (Lipinski definition) is 4. The van der Waals surface area contributed by atoms with E-state index >= 15 is 0 Å². The summed E-state index contributed by atoms with van der Waals surface area (Å²) >= 11 is 7.47. The Labute approximate surface area is 179 Å². The minimum atomic E-state index is -0.361. The van der Waals surface area contributed by atoms with Crippen LogP contribution in [0.15, 0.2) is 64.4 Å². The zero-order chi connectivity index (χ0) is 21.0. The fraction of sp³-hybridized carbons (Fsp3) is 0.227. The van der Waals surface area contributed by atoms with Crippen LogP contribution in [-0.2, 0) is 11.3 Å². The number of nitrogens with one attached hydrogen (secondary N) is 1. The van der Waals surface area contributed by atoms with E-state index in [-0.39, 0.29) is 16.7 Å². The fourth-order valence-electron chi connectivity index (χ4n) is 2.63. The van der Waals surface area contributed by atoms with E-state index in [0.717, 1.165) is 11.1 Å². The number of aromatic nitrogens is 2. The third-order valence-corrected chi connectivity index (χ3v) is 5.86. The molecule has 0 saturated carbocycles. The molecule has 0 bridgehead atoms. The summed E-state index contributed by atoms with van der Waals surface area (Å²) in [5.74, 6) is -0.0893. The van der Waals surface area contributed by atoms with E-state index in [1.54, 1.807) is 18.2 Å². The van der Waals surface area contributed by atoms with Crippen molar-refractivity contribution in [1.29, 1.82) is 0 Å². The van der Waals surface area contributed by atoms with Crippen molar-refractivity contribution in [3.8, 4) is 5.69 Å². The van der Waals surface area contributed by atoms with Gasteiger partial charge in [0.1, 0.15) is 5.03 Å². The molecule has 1 N–H and O–H groups in total. The monoisotopic (exact) mass is 427 g/mol. The summed E-state index contributed by atoms with van der Waals surface area (Å²) in [4.78, 5) is 24.7. The third-order valence-electron chi connectivity index (χ3n) is 4.43. The van der Waals surface area contributed by atoms with Gasteiger partial charge in [-0.15, -0.1) is 0 Å². The molecule has 1 atom stereocenters. The summed E-state index contributed by atoms with van der Waals surface area (Å²) in [5, 5.41) is 8.12. The van der Waals surface area contributed by atoms with Crippen LogP contribution in [0.4, 0.5) is 0 Å². The average molecular weight is 428 g/mol. The van der Waals surface area contributed by atoms with Crippen LogP contribution in [0.5, 0.6) is 0 Å². The number of thioether (sulfide) groups is 1. The molecule has 0 aliphatic carbocycles. The Bertz CT molecular complexity index is 1080. The SMILES string of the molecule is Cc1ccc(CNC(=O)C(C)Sc2ccc(=O)n(-c3ccc(C)c(Cl)c3)n2)cc1. The Morgan fingerprint density at radius 2 is 1.86 bits per heavy atom. The van der Waals surface area contributed by atoms with Gasteiger partial charge in [0.25, 0.3) is 5.56 Å². The highest BCUT2D eigenvalue weighted by Gasteiger charge is 2.16. The Morgan fingerprint density at radius 3 is 2.55 bits per heavy atom. The number of carbonyl (C=O) groups excluding carboxylic acids is 1. The average Bonchev–Trinajstić information content (AvgIpc) is 2.71. The number of hydrogen-bond donors (Lipinski definition) is 1.